The molecule has 1 N–H and O–H groups in total. The van der Waals surface area contributed by atoms with Crippen LogP contribution >= 0.6 is 11.6 Å². The molecule has 0 heterocycles. The first kappa shape index (κ1) is 10.8. The van der Waals surface area contributed by atoms with Gasteiger partial charge in [0.05, 0.1) is 12.8 Å². The fraction of sp³-hybridized carbons (Fsp3) is 0.222. The molecule has 1 amide bonds. The van der Waals surface area contributed by atoms with E-state index in [2.05, 4.69) is 5.32 Å². The van der Waals surface area contributed by atoms with Crippen LogP contribution in [0.4, 0.5) is 10.1 Å². The fourth-order valence-electron chi connectivity index (χ4n) is 0.952. The van der Waals surface area contributed by atoms with Gasteiger partial charge in [0.2, 0.25) is 5.91 Å². The van der Waals surface area contributed by atoms with E-state index in [0.717, 1.165) is 0 Å². The van der Waals surface area contributed by atoms with Crippen LogP contribution in [-0.2, 0) is 4.79 Å². The van der Waals surface area contributed by atoms with Gasteiger partial charge < -0.3 is 10.1 Å². The van der Waals surface area contributed by atoms with Gasteiger partial charge in [-0.05, 0) is 12.1 Å². The van der Waals surface area contributed by atoms with Crippen molar-refractivity contribution in [3.63, 3.8) is 0 Å². The number of hydrogen-bond donors (Lipinski definition) is 1. The van der Waals surface area contributed by atoms with Gasteiger partial charge in [-0.2, -0.15) is 0 Å². The minimum absolute atomic E-state index is 0.152. The quantitative estimate of drug-likeness (QED) is 0.787. The number of benzene rings is 1. The molecule has 0 bridgehead atoms. The van der Waals surface area contributed by atoms with E-state index in [1.807, 2.05) is 0 Å². The van der Waals surface area contributed by atoms with Gasteiger partial charge in [0, 0.05) is 6.07 Å². The zero-order valence-electron chi connectivity index (χ0n) is 7.51. The van der Waals surface area contributed by atoms with E-state index in [9.17, 15) is 9.18 Å². The minimum Gasteiger partial charge on any atom is -0.494 e. The SMILES string of the molecule is COc1cc(F)ccc1NC(=O)CCl. The molecule has 1 rings (SSSR count). The number of hydrogen-bond acceptors (Lipinski definition) is 2. The molecule has 5 heteroatoms. The smallest absolute Gasteiger partial charge is 0.239 e. The van der Waals surface area contributed by atoms with Crippen molar-refractivity contribution in [3.05, 3.63) is 24.0 Å². The van der Waals surface area contributed by atoms with Crippen LogP contribution in [0.2, 0.25) is 0 Å². The third-order valence-corrected chi connectivity index (χ3v) is 1.80. The number of carbonyl (C=O) groups is 1. The molecule has 3 nitrogen and oxygen atoms in total. The van der Waals surface area contributed by atoms with E-state index >= 15 is 0 Å². The summed E-state index contributed by atoms with van der Waals surface area (Å²) < 4.78 is 17.6. The van der Waals surface area contributed by atoms with Gasteiger partial charge in [0.1, 0.15) is 17.4 Å². The number of amides is 1. The molecule has 0 aromatic heterocycles. The van der Waals surface area contributed by atoms with E-state index in [-0.39, 0.29) is 17.5 Å². The van der Waals surface area contributed by atoms with Crippen LogP contribution in [0.1, 0.15) is 0 Å². The summed E-state index contributed by atoms with van der Waals surface area (Å²) >= 11 is 5.30. The summed E-state index contributed by atoms with van der Waals surface area (Å²) in [5, 5.41) is 2.48. The van der Waals surface area contributed by atoms with Gasteiger partial charge in [-0.1, -0.05) is 0 Å². The standard InChI is InChI=1S/C9H9ClFNO2/c1-14-8-4-6(11)2-3-7(8)12-9(13)5-10/h2-4H,5H2,1H3,(H,12,13). The molecular weight excluding hydrogens is 209 g/mol. The van der Waals surface area contributed by atoms with Gasteiger partial charge in [-0.15, -0.1) is 11.6 Å². The van der Waals surface area contributed by atoms with E-state index in [1.54, 1.807) is 0 Å². The summed E-state index contributed by atoms with van der Waals surface area (Å²) in [5.41, 5.74) is 0.402. The van der Waals surface area contributed by atoms with Crippen LogP contribution < -0.4 is 10.1 Å². The Morgan fingerprint density at radius 2 is 2.36 bits per heavy atom. The maximum Gasteiger partial charge on any atom is 0.239 e. The molecule has 0 spiro atoms. The highest BCUT2D eigenvalue weighted by atomic mass is 35.5. The van der Waals surface area contributed by atoms with Gasteiger partial charge >= 0.3 is 0 Å². The monoisotopic (exact) mass is 217 g/mol. The second-order valence-corrected chi connectivity index (χ2v) is 2.79. The lowest BCUT2D eigenvalue weighted by molar-refractivity contribution is -0.113. The van der Waals surface area contributed by atoms with E-state index in [4.69, 9.17) is 16.3 Å². The van der Waals surface area contributed by atoms with Crippen LogP contribution in [0.5, 0.6) is 5.75 Å². The molecule has 1 aromatic carbocycles. The first-order valence-electron chi connectivity index (χ1n) is 3.86. The maximum atomic E-state index is 12.7. The van der Waals surface area contributed by atoms with Crippen molar-refractivity contribution in [2.75, 3.05) is 18.3 Å². The molecule has 1 aromatic rings. The van der Waals surface area contributed by atoms with Crippen molar-refractivity contribution in [2.24, 2.45) is 0 Å². The Balaban J connectivity index is 2.90. The van der Waals surface area contributed by atoms with Gasteiger partial charge in [0.15, 0.2) is 0 Å². The highest BCUT2D eigenvalue weighted by molar-refractivity contribution is 6.29. The predicted octanol–water partition coefficient (Wildman–Crippen LogP) is 2.01. The lowest BCUT2D eigenvalue weighted by Crippen LogP contribution is -2.13. The number of methoxy groups -OCH3 is 1. The second kappa shape index (κ2) is 4.81. The first-order chi connectivity index (χ1) is 6.67. The molecule has 0 saturated carbocycles. The molecule has 0 aliphatic heterocycles. The summed E-state index contributed by atoms with van der Waals surface area (Å²) in [7, 11) is 1.39. The molecule has 0 aliphatic rings. The van der Waals surface area contributed by atoms with E-state index in [0.29, 0.717) is 5.69 Å². The van der Waals surface area contributed by atoms with Crippen LogP contribution in [0.3, 0.4) is 0 Å². The summed E-state index contributed by atoms with van der Waals surface area (Å²) in [6.07, 6.45) is 0. The summed E-state index contributed by atoms with van der Waals surface area (Å²) in [5.74, 6) is -0.675. The van der Waals surface area contributed by atoms with Crippen LogP contribution in [0.25, 0.3) is 0 Å². The van der Waals surface area contributed by atoms with Crippen molar-refractivity contribution in [1.29, 1.82) is 0 Å². The lowest BCUT2D eigenvalue weighted by atomic mass is 10.3. The third kappa shape index (κ3) is 2.60. The average Bonchev–Trinajstić information content (AvgIpc) is 2.20. The number of anilines is 1. The summed E-state index contributed by atoms with van der Waals surface area (Å²) in [6, 6.07) is 3.83. The number of halogens is 2. The lowest BCUT2D eigenvalue weighted by Gasteiger charge is -2.08. The van der Waals surface area contributed by atoms with Gasteiger partial charge in [-0.25, -0.2) is 4.39 Å². The van der Waals surface area contributed by atoms with Gasteiger partial charge in [-0.3, -0.25) is 4.79 Å². The minimum atomic E-state index is -0.425. The highest BCUT2D eigenvalue weighted by Crippen LogP contribution is 2.24. The molecular formula is C9H9ClFNO2. The summed E-state index contributed by atoms with van der Waals surface area (Å²) in [6.45, 7) is 0. The molecule has 76 valence electrons. The van der Waals surface area contributed by atoms with Gasteiger partial charge in [0.25, 0.3) is 0 Å². The Hall–Kier alpha value is -1.29. The molecule has 0 radical (unpaired) electrons. The zero-order valence-corrected chi connectivity index (χ0v) is 8.27. The zero-order chi connectivity index (χ0) is 10.6. The first-order valence-corrected chi connectivity index (χ1v) is 4.40. The van der Waals surface area contributed by atoms with Crippen molar-refractivity contribution >= 4 is 23.2 Å². The molecule has 0 atom stereocenters. The largest absolute Gasteiger partial charge is 0.494 e. The van der Waals surface area contributed by atoms with Crippen LogP contribution in [-0.4, -0.2) is 18.9 Å². The van der Waals surface area contributed by atoms with Crippen molar-refractivity contribution in [3.8, 4) is 5.75 Å². The number of nitrogens with one attached hydrogen (secondary N) is 1. The second-order valence-electron chi connectivity index (χ2n) is 2.53. The Labute approximate surface area is 85.8 Å². The Morgan fingerprint density at radius 1 is 1.64 bits per heavy atom. The number of alkyl halides is 1. The van der Waals surface area contributed by atoms with Crippen molar-refractivity contribution in [1.82, 2.24) is 0 Å². The average molecular weight is 218 g/mol. The molecule has 14 heavy (non-hydrogen) atoms. The maximum absolute atomic E-state index is 12.7. The Bertz CT molecular complexity index is 344. The van der Waals surface area contributed by atoms with Crippen LogP contribution in [0.15, 0.2) is 18.2 Å². The van der Waals surface area contributed by atoms with E-state index in [1.165, 1.54) is 25.3 Å². The number of rotatable bonds is 3. The fourth-order valence-corrected chi connectivity index (χ4v) is 1.02. The van der Waals surface area contributed by atoms with Crippen molar-refractivity contribution in [2.45, 2.75) is 0 Å². The highest BCUT2D eigenvalue weighted by Gasteiger charge is 2.07. The summed E-state index contributed by atoms with van der Waals surface area (Å²) in [4.78, 5) is 10.9. The van der Waals surface area contributed by atoms with Crippen LogP contribution in [0, 0.1) is 5.82 Å². The molecule has 0 fully saturated rings. The predicted molar refractivity (Wildman–Crippen MR) is 52.3 cm³/mol. The number of ether oxygens (including phenoxy) is 1. The van der Waals surface area contributed by atoms with E-state index < -0.39 is 5.82 Å². The topological polar surface area (TPSA) is 38.3 Å². The molecule has 0 saturated heterocycles. The Morgan fingerprint density at radius 3 is 2.93 bits per heavy atom. The Kier molecular flexibility index (Phi) is 3.71. The molecule has 0 unspecified atom stereocenters. The van der Waals surface area contributed by atoms with Crippen molar-refractivity contribution < 1.29 is 13.9 Å². The number of carbonyl (C=O) groups excluding carboxylic acids is 1. The normalized spacial score (nSPS) is 9.64. The third-order valence-electron chi connectivity index (χ3n) is 1.56. The molecule has 0 aliphatic carbocycles.